The first-order valence-electron chi connectivity index (χ1n) is 6.15. The van der Waals surface area contributed by atoms with Crippen molar-refractivity contribution in [3.63, 3.8) is 0 Å². The molecule has 0 amide bonds. The fraction of sp³-hybridized carbons (Fsp3) is 0.571. The molecule has 0 spiro atoms. The van der Waals surface area contributed by atoms with Crippen LogP contribution >= 0.6 is 0 Å². The van der Waals surface area contributed by atoms with Crippen molar-refractivity contribution in [3.8, 4) is 0 Å². The topological polar surface area (TPSA) is 18.5 Å². The lowest BCUT2D eigenvalue weighted by Gasteiger charge is -2.28. The molecule has 2 heteroatoms. The molecule has 2 nitrogen and oxygen atoms in total. The van der Waals surface area contributed by atoms with Gasteiger partial charge >= 0.3 is 0 Å². The quantitative estimate of drug-likeness (QED) is 0.776. The van der Waals surface area contributed by atoms with Crippen molar-refractivity contribution in [2.24, 2.45) is 0 Å². The zero-order valence-electron chi connectivity index (χ0n) is 9.89. The van der Waals surface area contributed by atoms with Gasteiger partial charge in [0.05, 0.1) is 18.8 Å². The summed E-state index contributed by atoms with van der Waals surface area (Å²) in [5.41, 5.74) is 1.25. The lowest BCUT2D eigenvalue weighted by Crippen LogP contribution is -2.30. The van der Waals surface area contributed by atoms with Gasteiger partial charge in [0.1, 0.15) is 0 Å². The van der Waals surface area contributed by atoms with Gasteiger partial charge in [-0.15, -0.1) is 0 Å². The van der Waals surface area contributed by atoms with Gasteiger partial charge in [-0.2, -0.15) is 0 Å². The molecule has 0 saturated carbocycles. The Morgan fingerprint density at radius 3 is 2.88 bits per heavy atom. The Kier molecular flexibility index (Phi) is 4.37. The Labute approximate surface area is 97.6 Å². The molecule has 1 aliphatic rings. The highest BCUT2D eigenvalue weighted by atomic mass is 16.5. The monoisotopic (exact) mass is 220 g/mol. The second kappa shape index (κ2) is 6.02. The van der Waals surface area contributed by atoms with E-state index in [9.17, 15) is 0 Å². The summed E-state index contributed by atoms with van der Waals surface area (Å²) < 4.78 is 11.6. The third kappa shape index (κ3) is 3.32. The minimum absolute atomic E-state index is 0.374. The molecule has 2 atom stereocenters. The van der Waals surface area contributed by atoms with Crippen LogP contribution in [0.2, 0.25) is 0 Å². The van der Waals surface area contributed by atoms with E-state index in [1.807, 2.05) is 6.07 Å². The highest BCUT2D eigenvalue weighted by Crippen LogP contribution is 2.20. The summed E-state index contributed by atoms with van der Waals surface area (Å²) in [6, 6.07) is 10.4. The number of rotatable bonds is 4. The summed E-state index contributed by atoms with van der Waals surface area (Å²) in [5.74, 6) is 0. The molecule has 2 rings (SSSR count). The van der Waals surface area contributed by atoms with Crippen LogP contribution in [-0.2, 0) is 16.1 Å². The van der Waals surface area contributed by atoms with Gasteiger partial charge in [0.25, 0.3) is 0 Å². The molecule has 0 aromatic heterocycles. The van der Waals surface area contributed by atoms with E-state index in [-0.39, 0.29) is 0 Å². The standard InChI is InChI=1S/C14H20O2/c1-2-13-10-14(8-9-15-13)16-11-12-6-4-3-5-7-12/h3-7,13-14H,2,8-11H2,1H3/t13-,14-/m0/s1. The molecule has 1 aromatic rings. The van der Waals surface area contributed by atoms with Gasteiger partial charge in [0.15, 0.2) is 0 Å². The maximum absolute atomic E-state index is 5.92. The van der Waals surface area contributed by atoms with Crippen LogP contribution in [0, 0.1) is 0 Å². The van der Waals surface area contributed by atoms with E-state index in [4.69, 9.17) is 9.47 Å². The van der Waals surface area contributed by atoms with Crippen LogP contribution in [0.1, 0.15) is 31.7 Å². The highest BCUT2D eigenvalue weighted by Gasteiger charge is 2.21. The average Bonchev–Trinajstić information content (AvgIpc) is 2.38. The normalized spacial score (nSPS) is 25.6. The Hall–Kier alpha value is -0.860. The van der Waals surface area contributed by atoms with Gasteiger partial charge in [0.2, 0.25) is 0 Å². The van der Waals surface area contributed by atoms with Gasteiger partial charge in [-0.25, -0.2) is 0 Å². The van der Waals surface area contributed by atoms with Crippen molar-refractivity contribution in [1.29, 1.82) is 0 Å². The molecule has 1 aromatic carbocycles. The molecule has 0 unspecified atom stereocenters. The average molecular weight is 220 g/mol. The molecule has 0 aliphatic carbocycles. The van der Waals surface area contributed by atoms with E-state index in [1.54, 1.807) is 0 Å². The summed E-state index contributed by atoms with van der Waals surface area (Å²) in [6.07, 6.45) is 3.94. The third-order valence-electron chi connectivity index (χ3n) is 3.10. The Morgan fingerprint density at radius 2 is 2.12 bits per heavy atom. The van der Waals surface area contributed by atoms with Crippen molar-refractivity contribution in [3.05, 3.63) is 35.9 Å². The smallest absolute Gasteiger partial charge is 0.0720 e. The van der Waals surface area contributed by atoms with Crippen LogP contribution in [0.5, 0.6) is 0 Å². The van der Waals surface area contributed by atoms with Gasteiger partial charge < -0.3 is 9.47 Å². The summed E-state index contributed by atoms with van der Waals surface area (Å²) in [6.45, 7) is 3.74. The predicted octanol–water partition coefficient (Wildman–Crippen LogP) is 3.16. The Bertz CT molecular complexity index is 297. The SMILES string of the molecule is CC[C@H]1C[C@@H](OCc2ccccc2)CCO1. The first-order valence-corrected chi connectivity index (χ1v) is 6.15. The Morgan fingerprint density at radius 1 is 1.31 bits per heavy atom. The van der Waals surface area contributed by atoms with Gasteiger partial charge in [-0.3, -0.25) is 0 Å². The molecule has 1 fully saturated rings. The van der Waals surface area contributed by atoms with Crippen molar-refractivity contribution >= 4 is 0 Å². The van der Waals surface area contributed by atoms with Crippen LogP contribution in [0.3, 0.4) is 0 Å². The molecule has 88 valence electrons. The second-order valence-electron chi connectivity index (χ2n) is 4.34. The van der Waals surface area contributed by atoms with E-state index in [2.05, 4.69) is 31.2 Å². The molecular weight excluding hydrogens is 200 g/mol. The fourth-order valence-corrected chi connectivity index (χ4v) is 2.07. The van der Waals surface area contributed by atoms with Gasteiger partial charge in [-0.05, 0) is 24.8 Å². The van der Waals surface area contributed by atoms with Crippen LogP contribution in [0.4, 0.5) is 0 Å². The van der Waals surface area contributed by atoms with Crippen molar-refractivity contribution in [2.75, 3.05) is 6.61 Å². The van der Waals surface area contributed by atoms with E-state index in [1.165, 1.54) is 5.56 Å². The maximum atomic E-state index is 5.92. The van der Waals surface area contributed by atoms with Crippen LogP contribution in [0.25, 0.3) is 0 Å². The molecular formula is C14H20O2. The molecule has 0 bridgehead atoms. The molecule has 1 heterocycles. The summed E-state index contributed by atoms with van der Waals surface area (Å²) in [5, 5.41) is 0. The van der Waals surface area contributed by atoms with Crippen LogP contribution in [0.15, 0.2) is 30.3 Å². The lowest BCUT2D eigenvalue weighted by molar-refractivity contribution is -0.0782. The first kappa shape index (κ1) is 11.6. The molecule has 16 heavy (non-hydrogen) atoms. The zero-order valence-corrected chi connectivity index (χ0v) is 9.89. The lowest BCUT2D eigenvalue weighted by atomic mass is 10.0. The summed E-state index contributed by atoms with van der Waals surface area (Å²) in [4.78, 5) is 0. The van der Waals surface area contributed by atoms with Crippen molar-refractivity contribution in [1.82, 2.24) is 0 Å². The summed E-state index contributed by atoms with van der Waals surface area (Å²) >= 11 is 0. The van der Waals surface area contributed by atoms with Gasteiger partial charge in [0, 0.05) is 6.61 Å². The highest BCUT2D eigenvalue weighted by molar-refractivity contribution is 5.13. The Balaban J connectivity index is 1.77. The largest absolute Gasteiger partial charge is 0.378 e. The molecule has 1 saturated heterocycles. The first-order chi connectivity index (χ1) is 7.88. The summed E-state index contributed by atoms with van der Waals surface area (Å²) in [7, 11) is 0. The molecule has 0 N–H and O–H groups in total. The van der Waals surface area contributed by atoms with Crippen LogP contribution < -0.4 is 0 Å². The van der Waals surface area contributed by atoms with Crippen molar-refractivity contribution < 1.29 is 9.47 Å². The minimum atomic E-state index is 0.374. The second-order valence-corrected chi connectivity index (χ2v) is 4.34. The number of hydrogen-bond donors (Lipinski definition) is 0. The van der Waals surface area contributed by atoms with Crippen molar-refractivity contribution in [2.45, 2.75) is 45.0 Å². The van der Waals surface area contributed by atoms with E-state index in [0.29, 0.717) is 12.2 Å². The fourth-order valence-electron chi connectivity index (χ4n) is 2.07. The van der Waals surface area contributed by atoms with E-state index < -0.39 is 0 Å². The minimum Gasteiger partial charge on any atom is -0.378 e. The zero-order chi connectivity index (χ0) is 11.2. The van der Waals surface area contributed by atoms with Gasteiger partial charge in [-0.1, -0.05) is 37.3 Å². The van der Waals surface area contributed by atoms with Crippen LogP contribution in [-0.4, -0.2) is 18.8 Å². The predicted molar refractivity (Wildman–Crippen MR) is 64.3 cm³/mol. The number of ether oxygens (including phenoxy) is 2. The maximum Gasteiger partial charge on any atom is 0.0720 e. The molecule has 0 radical (unpaired) electrons. The number of benzene rings is 1. The van der Waals surface area contributed by atoms with E-state index in [0.717, 1.165) is 32.5 Å². The van der Waals surface area contributed by atoms with E-state index >= 15 is 0 Å². The number of hydrogen-bond acceptors (Lipinski definition) is 2. The molecule has 1 aliphatic heterocycles. The third-order valence-corrected chi connectivity index (χ3v) is 3.10.